The molecule has 1 amide bonds. The Morgan fingerprint density at radius 1 is 1.22 bits per heavy atom. The normalized spacial score (nSPS) is 13.6. The van der Waals surface area contributed by atoms with Gasteiger partial charge in [-0.2, -0.15) is 4.98 Å². The van der Waals surface area contributed by atoms with Gasteiger partial charge in [-0.3, -0.25) is 14.8 Å². The van der Waals surface area contributed by atoms with E-state index in [1.807, 2.05) is 13.0 Å². The average Bonchev–Trinajstić information content (AvgIpc) is 3.35. The number of hydrogen-bond acceptors (Lipinski definition) is 7. The Labute approximate surface area is 207 Å². The van der Waals surface area contributed by atoms with Gasteiger partial charge in [-0.1, -0.05) is 0 Å². The number of amides is 1. The monoisotopic (exact) mass is 487 g/mol. The molecule has 184 valence electrons. The van der Waals surface area contributed by atoms with E-state index in [-0.39, 0.29) is 11.4 Å². The van der Waals surface area contributed by atoms with Crippen LogP contribution in [0.3, 0.4) is 0 Å². The zero-order valence-electron chi connectivity index (χ0n) is 20.4. The van der Waals surface area contributed by atoms with Crippen molar-refractivity contribution >= 4 is 17.4 Å². The number of rotatable bonds is 4. The zero-order valence-corrected chi connectivity index (χ0v) is 20.4. The molecule has 1 aromatic heterocycles. The number of aryl methyl sites for hydroxylation is 1. The molecule has 1 aromatic carbocycles. The lowest BCUT2D eigenvalue weighted by Gasteiger charge is -2.19. The van der Waals surface area contributed by atoms with Crippen molar-refractivity contribution in [2.75, 3.05) is 24.2 Å². The van der Waals surface area contributed by atoms with Crippen LogP contribution < -0.4 is 16.3 Å². The van der Waals surface area contributed by atoms with E-state index < -0.39 is 17.3 Å². The second-order valence-electron chi connectivity index (χ2n) is 9.25. The number of halogens is 1. The van der Waals surface area contributed by atoms with Gasteiger partial charge >= 0.3 is 0 Å². The van der Waals surface area contributed by atoms with Crippen LogP contribution in [0, 0.1) is 12.7 Å². The van der Waals surface area contributed by atoms with Crippen molar-refractivity contribution in [2.24, 2.45) is 4.99 Å². The third-order valence-electron chi connectivity index (χ3n) is 6.24. The summed E-state index contributed by atoms with van der Waals surface area (Å²) in [4.78, 5) is 29.9. The highest BCUT2D eigenvalue weighted by Crippen LogP contribution is 2.39. The molecule has 0 bridgehead atoms. The minimum absolute atomic E-state index is 0.0317. The smallest absolute Gasteiger partial charge is 0.274 e. The van der Waals surface area contributed by atoms with Gasteiger partial charge in [0.2, 0.25) is 5.62 Å². The predicted octanol–water partition coefficient (Wildman–Crippen LogP) is 3.33. The highest BCUT2D eigenvalue weighted by molar-refractivity contribution is 6.03. The third-order valence-corrected chi connectivity index (χ3v) is 6.24. The molecule has 10 heteroatoms. The van der Waals surface area contributed by atoms with E-state index in [1.165, 1.54) is 18.3 Å². The number of nitrogens with zero attached hydrogens (tertiary/aromatic N) is 5. The van der Waals surface area contributed by atoms with Crippen LogP contribution >= 0.6 is 0 Å². The fraction of sp³-hybridized carbons (Fsp3) is 0.269. The standard InChI is InChI=1S/C26H26FN7O2/c1-14-9-19(27)20(32-24(35)21-11-16(5-6-29-21)26(2,3)36)12-17(14)18-10-15-13-31-25(28-4)33-22(15)34-8-7-30-23(18)34/h5-6,9-13,30,36H,7-8H2,1-4H3,(H,32,35). The van der Waals surface area contributed by atoms with Crippen LogP contribution in [0.15, 0.2) is 47.7 Å². The van der Waals surface area contributed by atoms with Crippen molar-refractivity contribution < 1.29 is 14.3 Å². The van der Waals surface area contributed by atoms with Crippen LogP contribution in [-0.4, -0.2) is 44.1 Å². The minimum Gasteiger partial charge on any atom is -0.386 e. The molecule has 0 spiro atoms. The van der Waals surface area contributed by atoms with Crippen molar-refractivity contribution in [3.8, 4) is 22.5 Å². The van der Waals surface area contributed by atoms with Crippen LogP contribution in [0.1, 0.15) is 35.5 Å². The summed E-state index contributed by atoms with van der Waals surface area (Å²) in [5, 5.41) is 16.3. The van der Waals surface area contributed by atoms with Gasteiger partial charge in [0.15, 0.2) is 0 Å². The van der Waals surface area contributed by atoms with Crippen molar-refractivity contribution in [1.29, 1.82) is 0 Å². The van der Waals surface area contributed by atoms with E-state index >= 15 is 0 Å². The molecule has 0 fully saturated rings. The largest absolute Gasteiger partial charge is 0.386 e. The van der Waals surface area contributed by atoms with Crippen molar-refractivity contribution in [1.82, 2.24) is 19.5 Å². The van der Waals surface area contributed by atoms with Gasteiger partial charge < -0.3 is 20.3 Å². The van der Waals surface area contributed by atoms with Crippen LogP contribution in [0.4, 0.5) is 15.9 Å². The first-order valence-electron chi connectivity index (χ1n) is 11.5. The lowest BCUT2D eigenvalue weighted by atomic mass is 9.97. The van der Waals surface area contributed by atoms with Gasteiger partial charge in [-0.05, 0) is 67.8 Å². The Morgan fingerprint density at radius 2 is 2.03 bits per heavy atom. The SMILES string of the molecule is CN=c1ncc2cc(-c3cc(NC(=O)c4cc(C(C)(C)O)ccn4)c(F)cc3C)c3n(c-2n1)CCN3. The molecule has 3 aliphatic heterocycles. The number of anilines is 2. The summed E-state index contributed by atoms with van der Waals surface area (Å²) >= 11 is 0. The molecule has 0 radical (unpaired) electrons. The Morgan fingerprint density at radius 3 is 2.78 bits per heavy atom. The first-order chi connectivity index (χ1) is 17.2. The fourth-order valence-electron chi connectivity index (χ4n) is 4.35. The van der Waals surface area contributed by atoms with Crippen LogP contribution in [-0.2, 0) is 12.1 Å². The summed E-state index contributed by atoms with van der Waals surface area (Å²) in [6.45, 7) is 6.50. The molecule has 0 saturated heterocycles. The molecular formula is C26H26FN7O2. The number of aromatic nitrogens is 4. The number of benzene rings is 1. The van der Waals surface area contributed by atoms with Crippen LogP contribution in [0.5, 0.6) is 0 Å². The molecule has 3 N–H and O–H groups in total. The Balaban J connectivity index is 1.58. The minimum atomic E-state index is -1.14. The topological polar surface area (TPSA) is 117 Å². The maximum atomic E-state index is 15.0. The molecule has 3 aliphatic rings. The number of carbonyl (C=O) groups is 1. The molecular weight excluding hydrogens is 461 g/mol. The predicted molar refractivity (Wildman–Crippen MR) is 134 cm³/mol. The van der Waals surface area contributed by atoms with E-state index in [4.69, 9.17) is 0 Å². The molecule has 2 aromatic rings. The number of hydrogen-bond donors (Lipinski definition) is 3. The molecule has 0 aliphatic carbocycles. The summed E-state index contributed by atoms with van der Waals surface area (Å²) < 4.78 is 17.0. The third kappa shape index (κ3) is 4.20. The fourth-order valence-corrected chi connectivity index (χ4v) is 4.35. The van der Waals surface area contributed by atoms with Crippen molar-refractivity contribution in [3.63, 3.8) is 0 Å². The lowest BCUT2D eigenvalue weighted by Crippen LogP contribution is -2.19. The van der Waals surface area contributed by atoms with Gasteiger partial charge in [0.25, 0.3) is 5.91 Å². The summed E-state index contributed by atoms with van der Waals surface area (Å²) in [6.07, 6.45) is 3.17. The Hall–Kier alpha value is -4.18. The highest BCUT2D eigenvalue weighted by Gasteiger charge is 2.24. The van der Waals surface area contributed by atoms with Gasteiger partial charge in [0.1, 0.15) is 23.2 Å². The number of pyridine rings is 2. The first kappa shape index (κ1) is 23.6. The number of carbonyl (C=O) groups excluding carboxylic acids is 1. The first-order valence-corrected chi connectivity index (χ1v) is 11.5. The van der Waals surface area contributed by atoms with Crippen LogP contribution in [0.25, 0.3) is 22.5 Å². The van der Waals surface area contributed by atoms with E-state index in [0.29, 0.717) is 23.3 Å². The summed E-state index contributed by atoms with van der Waals surface area (Å²) in [5.41, 5.74) is 3.05. The van der Waals surface area contributed by atoms with Crippen molar-refractivity contribution in [2.45, 2.75) is 32.9 Å². The zero-order chi connectivity index (χ0) is 25.6. The number of aliphatic hydroxyl groups is 1. The summed E-state index contributed by atoms with van der Waals surface area (Å²) in [6, 6.07) is 8.11. The lowest BCUT2D eigenvalue weighted by molar-refractivity contribution is 0.0783. The molecule has 5 rings (SSSR count). The highest BCUT2D eigenvalue weighted by atomic mass is 19.1. The average molecular weight is 488 g/mol. The number of nitrogens with one attached hydrogen (secondary N) is 2. The van der Waals surface area contributed by atoms with Gasteiger partial charge in [0.05, 0.1) is 11.3 Å². The molecule has 0 saturated carbocycles. The van der Waals surface area contributed by atoms with Gasteiger partial charge in [-0.15, -0.1) is 0 Å². The molecule has 36 heavy (non-hydrogen) atoms. The number of fused-ring (bicyclic) bond motifs is 3. The summed E-state index contributed by atoms with van der Waals surface area (Å²) in [7, 11) is 1.65. The maximum Gasteiger partial charge on any atom is 0.274 e. The van der Waals surface area contributed by atoms with Crippen LogP contribution in [0.2, 0.25) is 0 Å². The maximum absolute atomic E-state index is 15.0. The molecule has 9 nitrogen and oxygen atoms in total. The second-order valence-corrected chi connectivity index (χ2v) is 9.25. The van der Waals surface area contributed by atoms with Gasteiger partial charge in [-0.25, -0.2) is 9.37 Å². The van der Waals surface area contributed by atoms with Gasteiger partial charge in [0, 0.05) is 43.7 Å². The van der Waals surface area contributed by atoms with E-state index in [0.717, 1.165) is 34.9 Å². The molecule has 0 atom stereocenters. The molecule has 0 unspecified atom stereocenters. The quantitative estimate of drug-likeness (QED) is 0.407. The van der Waals surface area contributed by atoms with E-state index in [2.05, 4.69) is 35.1 Å². The molecule has 4 heterocycles. The summed E-state index contributed by atoms with van der Waals surface area (Å²) in [5.74, 6) is 0.490. The van der Waals surface area contributed by atoms with E-state index in [9.17, 15) is 14.3 Å². The Kier molecular flexibility index (Phi) is 5.76. The second kappa shape index (κ2) is 8.80. The Bertz CT molecular complexity index is 1540. The van der Waals surface area contributed by atoms with E-state index in [1.54, 1.807) is 39.2 Å². The van der Waals surface area contributed by atoms with Crippen molar-refractivity contribution in [3.05, 3.63) is 71.0 Å².